The van der Waals surface area contributed by atoms with Crippen LogP contribution in [0.25, 0.3) is 11.0 Å². The van der Waals surface area contributed by atoms with Gasteiger partial charge in [0.15, 0.2) is 0 Å². The number of hydrogen-bond donors (Lipinski definition) is 1. The molecule has 1 aromatic carbocycles. The van der Waals surface area contributed by atoms with Crippen molar-refractivity contribution in [2.75, 3.05) is 81.1 Å². The van der Waals surface area contributed by atoms with Crippen molar-refractivity contribution in [3.63, 3.8) is 0 Å². The summed E-state index contributed by atoms with van der Waals surface area (Å²) in [5.41, 5.74) is 3.44. The molecular formula is C26H34N8O. The third kappa shape index (κ3) is 5.01. The van der Waals surface area contributed by atoms with Gasteiger partial charge in [0.25, 0.3) is 5.56 Å². The van der Waals surface area contributed by atoms with Gasteiger partial charge in [-0.2, -0.15) is 4.98 Å². The molecule has 2 aliphatic heterocycles. The summed E-state index contributed by atoms with van der Waals surface area (Å²) in [6.07, 6.45) is 3.72. The van der Waals surface area contributed by atoms with Crippen molar-refractivity contribution in [1.82, 2.24) is 24.3 Å². The number of pyridine rings is 1. The fourth-order valence-corrected chi connectivity index (χ4v) is 4.82. The fraction of sp³-hybridized carbons (Fsp3) is 0.423. The van der Waals surface area contributed by atoms with Crippen LogP contribution < -0.4 is 20.7 Å². The third-order valence-corrected chi connectivity index (χ3v) is 7.02. The molecule has 0 unspecified atom stereocenters. The summed E-state index contributed by atoms with van der Waals surface area (Å²) in [4.78, 5) is 31.6. The molecule has 0 bridgehead atoms. The van der Waals surface area contributed by atoms with Crippen molar-refractivity contribution < 1.29 is 0 Å². The first-order valence-electron chi connectivity index (χ1n) is 12.3. The second-order valence-electron chi connectivity index (χ2n) is 9.40. The number of piperazine rings is 2. The number of fused-ring (bicyclic) bond motifs is 1. The van der Waals surface area contributed by atoms with Crippen LogP contribution in [0.4, 0.5) is 23.0 Å². The van der Waals surface area contributed by atoms with Crippen LogP contribution in [0.15, 0.2) is 54.0 Å². The Morgan fingerprint density at radius 1 is 0.971 bits per heavy atom. The Morgan fingerprint density at radius 3 is 2.34 bits per heavy atom. The molecule has 5 rings (SSSR count). The van der Waals surface area contributed by atoms with Crippen molar-refractivity contribution >= 4 is 34.0 Å². The van der Waals surface area contributed by atoms with Gasteiger partial charge in [0, 0.05) is 88.9 Å². The molecule has 0 aliphatic carbocycles. The largest absolute Gasteiger partial charge is 0.369 e. The highest BCUT2D eigenvalue weighted by atomic mass is 16.1. The Hall–Kier alpha value is -3.43. The maximum Gasteiger partial charge on any atom is 0.275 e. The monoisotopic (exact) mass is 474 g/mol. The first-order valence-corrected chi connectivity index (χ1v) is 12.3. The predicted molar refractivity (Wildman–Crippen MR) is 143 cm³/mol. The van der Waals surface area contributed by atoms with Crippen LogP contribution in [-0.2, 0) is 7.05 Å². The minimum absolute atomic E-state index is 0.0316. The first kappa shape index (κ1) is 23.3. The smallest absolute Gasteiger partial charge is 0.275 e. The molecule has 0 amide bonds. The zero-order chi connectivity index (χ0) is 24.4. The molecule has 9 heteroatoms. The Morgan fingerprint density at radius 2 is 1.66 bits per heavy atom. The number of nitrogens with zero attached hydrogens (tertiary/aromatic N) is 7. The molecule has 2 aliphatic rings. The molecule has 3 aromatic rings. The van der Waals surface area contributed by atoms with E-state index in [1.807, 2.05) is 12.1 Å². The standard InChI is InChI=1S/C26H34N8O/c1-4-9-32-12-16-34(17-13-32)23-18-20-19-27-26(29-24(20)31(3)25(23)35)28-21-5-7-22(8-6-21)33-14-10-30(2)11-15-33/h4-8,18-19H,1,9-17H2,2-3H3,(H,27,28,29). The van der Waals surface area contributed by atoms with E-state index in [0.29, 0.717) is 17.3 Å². The Bertz CT molecular complexity index is 1240. The van der Waals surface area contributed by atoms with Gasteiger partial charge in [0.05, 0.1) is 0 Å². The summed E-state index contributed by atoms with van der Waals surface area (Å²) in [5.74, 6) is 0.477. The van der Waals surface area contributed by atoms with E-state index in [0.717, 1.165) is 70.0 Å². The molecule has 184 valence electrons. The highest BCUT2D eigenvalue weighted by Crippen LogP contribution is 2.23. The van der Waals surface area contributed by atoms with Crippen LogP contribution in [0.2, 0.25) is 0 Å². The molecule has 2 saturated heterocycles. The molecule has 35 heavy (non-hydrogen) atoms. The van der Waals surface area contributed by atoms with E-state index >= 15 is 0 Å². The van der Waals surface area contributed by atoms with Crippen LogP contribution in [-0.4, -0.2) is 90.3 Å². The van der Waals surface area contributed by atoms with Gasteiger partial charge in [-0.1, -0.05) is 6.08 Å². The van der Waals surface area contributed by atoms with E-state index in [1.54, 1.807) is 17.8 Å². The Labute approximate surface area is 206 Å². The van der Waals surface area contributed by atoms with Crippen molar-refractivity contribution in [3.8, 4) is 0 Å². The van der Waals surface area contributed by atoms with E-state index in [2.05, 4.69) is 72.8 Å². The van der Waals surface area contributed by atoms with Crippen molar-refractivity contribution in [1.29, 1.82) is 0 Å². The van der Waals surface area contributed by atoms with Gasteiger partial charge in [-0.05, 0) is 37.4 Å². The summed E-state index contributed by atoms with van der Waals surface area (Å²) in [5, 5.41) is 4.14. The van der Waals surface area contributed by atoms with Gasteiger partial charge in [-0.3, -0.25) is 14.3 Å². The minimum atomic E-state index is -0.0316. The fourth-order valence-electron chi connectivity index (χ4n) is 4.82. The topological polar surface area (TPSA) is 72.8 Å². The number of hydrogen-bond acceptors (Lipinski definition) is 8. The summed E-state index contributed by atoms with van der Waals surface area (Å²) in [6, 6.07) is 10.3. The average molecular weight is 475 g/mol. The lowest BCUT2D eigenvalue weighted by Crippen LogP contribution is -2.48. The number of likely N-dealkylation sites (N-methyl/N-ethyl adjacent to an activating group) is 1. The minimum Gasteiger partial charge on any atom is -0.369 e. The third-order valence-electron chi connectivity index (χ3n) is 7.02. The molecule has 0 radical (unpaired) electrons. The molecule has 1 N–H and O–H groups in total. The molecule has 2 fully saturated rings. The summed E-state index contributed by atoms with van der Waals surface area (Å²) in [6.45, 7) is 12.4. The normalized spacial score (nSPS) is 17.7. The van der Waals surface area contributed by atoms with Crippen LogP contribution >= 0.6 is 0 Å². The lowest BCUT2D eigenvalue weighted by Gasteiger charge is -2.35. The van der Waals surface area contributed by atoms with Crippen LogP contribution in [0.1, 0.15) is 0 Å². The summed E-state index contributed by atoms with van der Waals surface area (Å²) >= 11 is 0. The Kier molecular flexibility index (Phi) is 6.70. The van der Waals surface area contributed by atoms with Gasteiger partial charge in [-0.25, -0.2) is 4.98 Å². The molecule has 0 saturated carbocycles. The molecule has 4 heterocycles. The molecule has 0 spiro atoms. The van der Waals surface area contributed by atoms with E-state index in [-0.39, 0.29) is 5.56 Å². The lowest BCUT2D eigenvalue weighted by molar-refractivity contribution is 0.284. The van der Waals surface area contributed by atoms with Crippen molar-refractivity contribution in [2.45, 2.75) is 0 Å². The second-order valence-corrected chi connectivity index (χ2v) is 9.40. The maximum atomic E-state index is 13.2. The number of aryl methyl sites for hydroxylation is 1. The average Bonchev–Trinajstić information content (AvgIpc) is 2.88. The van der Waals surface area contributed by atoms with E-state index in [1.165, 1.54) is 5.69 Å². The van der Waals surface area contributed by atoms with Gasteiger partial charge < -0.3 is 20.0 Å². The maximum absolute atomic E-state index is 13.2. The van der Waals surface area contributed by atoms with Crippen LogP contribution in [0, 0.1) is 0 Å². The number of aromatic nitrogens is 3. The first-order chi connectivity index (χ1) is 17.0. The SMILES string of the molecule is C=CCN1CCN(c2cc3cnc(Nc4ccc(N5CCN(C)CC5)cc4)nc3n(C)c2=O)CC1. The number of nitrogens with one attached hydrogen (secondary N) is 1. The van der Waals surface area contributed by atoms with Crippen molar-refractivity contribution in [3.05, 3.63) is 59.5 Å². The number of anilines is 4. The van der Waals surface area contributed by atoms with Gasteiger partial charge in [0.1, 0.15) is 11.3 Å². The number of benzene rings is 1. The van der Waals surface area contributed by atoms with Crippen LogP contribution in [0.5, 0.6) is 0 Å². The van der Waals surface area contributed by atoms with Gasteiger partial charge >= 0.3 is 0 Å². The van der Waals surface area contributed by atoms with E-state index in [9.17, 15) is 4.79 Å². The quantitative estimate of drug-likeness (QED) is 0.545. The summed E-state index contributed by atoms with van der Waals surface area (Å²) in [7, 11) is 3.94. The molecule has 0 atom stereocenters. The predicted octanol–water partition coefficient (Wildman–Crippen LogP) is 2.13. The highest BCUT2D eigenvalue weighted by molar-refractivity contribution is 5.79. The second kappa shape index (κ2) is 10.1. The van der Waals surface area contributed by atoms with Crippen LogP contribution in [0.3, 0.4) is 0 Å². The van der Waals surface area contributed by atoms with Gasteiger partial charge in [-0.15, -0.1) is 6.58 Å². The number of rotatable bonds is 6. The molecule has 9 nitrogen and oxygen atoms in total. The molecular weight excluding hydrogens is 440 g/mol. The zero-order valence-electron chi connectivity index (χ0n) is 20.7. The van der Waals surface area contributed by atoms with Crippen molar-refractivity contribution in [2.24, 2.45) is 7.05 Å². The zero-order valence-corrected chi connectivity index (χ0v) is 20.7. The van der Waals surface area contributed by atoms with Gasteiger partial charge in [0.2, 0.25) is 5.95 Å². The lowest BCUT2D eigenvalue weighted by atomic mass is 10.2. The Balaban J connectivity index is 1.32. The van der Waals surface area contributed by atoms with E-state index < -0.39 is 0 Å². The summed E-state index contributed by atoms with van der Waals surface area (Å²) < 4.78 is 1.63. The molecule has 2 aromatic heterocycles. The highest BCUT2D eigenvalue weighted by Gasteiger charge is 2.20. The van der Waals surface area contributed by atoms with E-state index in [4.69, 9.17) is 0 Å².